The van der Waals surface area contributed by atoms with Crippen molar-refractivity contribution in [2.45, 2.75) is 0 Å². The Kier molecular flexibility index (Phi) is 3.15. The van der Waals surface area contributed by atoms with E-state index >= 15 is 0 Å². The summed E-state index contributed by atoms with van der Waals surface area (Å²) in [6.45, 7) is 0. The van der Waals surface area contributed by atoms with Gasteiger partial charge in [0.25, 0.3) is 0 Å². The Hall–Kier alpha value is -3.05. The smallest absolute Gasteiger partial charge is 0.194 e. The van der Waals surface area contributed by atoms with Crippen molar-refractivity contribution in [1.82, 2.24) is 14.4 Å². The first-order valence-corrected chi connectivity index (χ1v) is 8.89. The van der Waals surface area contributed by atoms with Gasteiger partial charge < -0.3 is 9.72 Å². The molecule has 3 heterocycles. The minimum atomic E-state index is 0.857. The Labute approximate surface area is 148 Å². The molecule has 5 rings (SSSR count). The fourth-order valence-electron chi connectivity index (χ4n) is 3.16. The number of H-pyrrole nitrogens is 1. The third-order valence-corrected chi connectivity index (χ3v) is 5.28. The van der Waals surface area contributed by atoms with Gasteiger partial charge in [0.1, 0.15) is 5.75 Å². The average Bonchev–Trinajstić information content (AvgIpc) is 3.35. The number of hydrogen-bond acceptors (Lipinski definition) is 3. The summed E-state index contributed by atoms with van der Waals surface area (Å²) in [6, 6.07) is 16.4. The van der Waals surface area contributed by atoms with Crippen LogP contribution >= 0.6 is 11.3 Å². The maximum absolute atomic E-state index is 5.38. The highest BCUT2D eigenvalue weighted by Crippen LogP contribution is 2.34. The van der Waals surface area contributed by atoms with Crippen LogP contribution in [0, 0.1) is 0 Å². The number of nitrogens with one attached hydrogen (secondary N) is 1. The number of nitrogens with zero attached hydrogens (tertiary/aromatic N) is 2. The van der Waals surface area contributed by atoms with Crippen LogP contribution in [0.25, 0.3) is 38.4 Å². The highest BCUT2D eigenvalue weighted by atomic mass is 32.1. The van der Waals surface area contributed by atoms with Crippen LogP contribution in [0.2, 0.25) is 0 Å². The molecule has 0 fully saturated rings. The minimum absolute atomic E-state index is 0.857. The highest BCUT2D eigenvalue weighted by molar-refractivity contribution is 7.15. The number of fused-ring (bicyclic) bond motifs is 2. The topological polar surface area (TPSA) is 42.3 Å². The van der Waals surface area contributed by atoms with Gasteiger partial charge in [-0.2, -0.15) is 0 Å². The van der Waals surface area contributed by atoms with E-state index < -0.39 is 0 Å². The normalized spacial score (nSPS) is 11.4. The molecule has 0 aliphatic rings. The van der Waals surface area contributed by atoms with E-state index in [1.807, 2.05) is 36.5 Å². The van der Waals surface area contributed by atoms with Crippen molar-refractivity contribution in [1.29, 1.82) is 0 Å². The molecule has 4 nitrogen and oxygen atoms in total. The van der Waals surface area contributed by atoms with Crippen LogP contribution < -0.4 is 4.74 Å². The molecule has 0 aliphatic heterocycles. The van der Waals surface area contributed by atoms with Gasteiger partial charge in [0, 0.05) is 39.8 Å². The number of benzene rings is 2. The summed E-state index contributed by atoms with van der Waals surface area (Å²) >= 11 is 1.65. The molecule has 3 aromatic heterocycles. The van der Waals surface area contributed by atoms with Gasteiger partial charge in [0.2, 0.25) is 0 Å². The first-order valence-electron chi connectivity index (χ1n) is 8.01. The molecule has 1 N–H and O–H groups in total. The lowest BCUT2D eigenvalue weighted by Crippen LogP contribution is -1.84. The molecule has 0 spiro atoms. The molecule has 0 atom stereocenters. The molecule has 0 saturated carbocycles. The summed E-state index contributed by atoms with van der Waals surface area (Å²) in [5.74, 6) is 0.857. The fraction of sp³-hybridized carbons (Fsp3) is 0.0500. The summed E-state index contributed by atoms with van der Waals surface area (Å²) in [6.07, 6.45) is 4.16. The second-order valence-corrected chi connectivity index (χ2v) is 6.72. The average molecular weight is 345 g/mol. The van der Waals surface area contributed by atoms with Gasteiger partial charge in [-0.25, -0.2) is 4.98 Å². The monoisotopic (exact) mass is 345 g/mol. The lowest BCUT2D eigenvalue weighted by Gasteiger charge is -2.01. The van der Waals surface area contributed by atoms with Crippen LogP contribution in [0.1, 0.15) is 0 Å². The van der Waals surface area contributed by atoms with Crippen LogP contribution in [-0.4, -0.2) is 21.5 Å². The van der Waals surface area contributed by atoms with E-state index in [1.54, 1.807) is 18.4 Å². The Bertz CT molecular complexity index is 1180. The molecule has 25 heavy (non-hydrogen) atoms. The molecule has 5 aromatic rings. The van der Waals surface area contributed by atoms with Crippen molar-refractivity contribution in [2.75, 3.05) is 7.11 Å². The fourth-order valence-corrected chi connectivity index (χ4v) is 4.04. The summed E-state index contributed by atoms with van der Waals surface area (Å²) in [4.78, 5) is 9.11. The first kappa shape index (κ1) is 14.3. The van der Waals surface area contributed by atoms with E-state index in [4.69, 9.17) is 9.72 Å². The van der Waals surface area contributed by atoms with Crippen molar-refractivity contribution in [2.24, 2.45) is 0 Å². The predicted molar refractivity (Wildman–Crippen MR) is 102 cm³/mol. The summed E-state index contributed by atoms with van der Waals surface area (Å²) in [5.41, 5.74) is 5.50. The zero-order valence-corrected chi connectivity index (χ0v) is 14.4. The molecule has 0 radical (unpaired) electrons. The van der Waals surface area contributed by atoms with Gasteiger partial charge in [-0.3, -0.25) is 4.40 Å². The molecule has 0 aliphatic carbocycles. The zero-order valence-electron chi connectivity index (χ0n) is 13.6. The van der Waals surface area contributed by atoms with Crippen LogP contribution in [0.15, 0.2) is 66.3 Å². The third kappa shape index (κ3) is 2.24. The van der Waals surface area contributed by atoms with Gasteiger partial charge in [-0.05, 0) is 18.2 Å². The van der Waals surface area contributed by atoms with Crippen LogP contribution in [0.5, 0.6) is 5.75 Å². The van der Waals surface area contributed by atoms with Crippen molar-refractivity contribution >= 4 is 27.2 Å². The number of hydrogen-bond donors (Lipinski definition) is 1. The molecule has 122 valence electrons. The van der Waals surface area contributed by atoms with E-state index in [9.17, 15) is 0 Å². The number of imidazole rings is 1. The van der Waals surface area contributed by atoms with Gasteiger partial charge in [-0.15, -0.1) is 11.3 Å². The van der Waals surface area contributed by atoms with Crippen molar-refractivity contribution < 1.29 is 4.74 Å². The van der Waals surface area contributed by atoms with E-state index in [0.29, 0.717) is 0 Å². The summed E-state index contributed by atoms with van der Waals surface area (Å²) in [5, 5.41) is 3.30. The van der Waals surface area contributed by atoms with Gasteiger partial charge in [-0.1, -0.05) is 30.3 Å². The van der Waals surface area contributed by atoms with Crippen molar-refractivity contribution in [3.05, 3.63) is 66.3 Å². The second-order valence-electron chi connectivity index (χ2n) is 5.88. The maximum Gasteiger partial charge on any atom is 0.194 e. The SMILES string of the molecule is COc1ccc2[nH]cc(-c3csc4nc(-c5ccccc5)cn34)c2c1. The molecule has 2 aromatic carbocycles. The van der Waals surface area contributed by atoms with Crippen molar-refractivity contribution in [3.63, 3.8) is 0 Å². The maximum atomic E-state index is 5.38. The van der Waals surface area contributed by atoms with Crippen LogP contribution in [-0.2, 0) is 0 Å². The van der Waals surface area contributed by atoms with E-state index in [0.717, 1.165) is 44.1 Å². The van der Waals surface area contributed by atoms with Gasteiger partial charge in [0.15, 0.2) is 4.96 Å². The predicted octanol–water partition coefficient (Wildman–Crippen LogP) is 5.22. The van der Waals surface area contributed by atoms with E-state index in [2.05, 4.69) is 39.2 Å². The first-order chi connectivity index (χ1) is 12.3. The van der Waals surface area contributed by atoms with E-state index in [1.165, 1.54) is 0 Å². The zero-order chi connectivity index (χ0) is 16.8. The minimum Gasteiger partial charge on any atom is -0.497 e. The lowest BCUT2D eigenvalue weighted by atomic mass is 10.1. The third-order valence-electron chi connectivity index (χ3n) is 4.44. The Morgan fingerprint density at radius 2 is 2.00 bits per heavy atom. The number of thiazole rings is 1. The molecule has 0 amide bonds. The molecule has 0 unspecified atom stereocenters. The number of methoxy groups -OCH3 is 1. The largest absolute Gasteiger partial charge is 0.497 e. The Balaban J connectivity index is 1.70. The number of rotatable bonds is 3. The number of ether oxygens (including phenoxy) is 1. The second kappa shape index (κ2) is 5.50. The molecular formula is C20H15N3OS. The highest BCUT2D eigenvalue weighted by Gasteiger charge is 2.14. The number of aromatic amines is 1. The Morgan fingerprint density at radius 1 is 1.12 bits per heavy atom. The quantitative estimate of drug-likeness (QED) is 0.487. The Morgan fingerprint density at radius 3 is 2.84 bits per heavy atom. The van der Waals surface area contributed by atoms with Crippen LogP contribution in [0.4, 0.5) is 0 Å². The van der Waals surface area contributed by atoms with Gasteiger partial charge >= 0.3 is 0 Å². The van der Waals surface area contributed by atoms with Gasteiger partial charge in [0.05, 0.1) is 18.5 Å². The number of aromatic nitrogens is 3. The lowest BCUT2D eigenvalue weighted by molar-refractivity contribution is 0.415. The summed E-state index contributed by atoms with van der Waals surface area (Å²) < 4.78 is 7.54. The molecule has 0 bridgehead atoms. The standard InChI is InChI=1S/C20H15N3OS/c1-24-14-7-8-17-15(9-14)16(10-21-17)19-12-25-20-22-18(11-23(19)20)13-5-3-2-4-6-13/h2-12,21H,1H3. The van der Waals surface area contributed by atoms with E-state index in [-0.39, 0.29) is 0 Å². The van der Waals surface area contributed by atoms with Crippen molar-refractivity contribution in [3.8, 4) is 28.3 Å². The molecular weight excluding hydrogens is 330 g/mol. The van der Waals surface area contributed by atoms with Crippen LogP contribution in [0.3, 0.4) is 0 Å². The summed E-state index contributed by atoms with van der Waals surface area (Å²) in [7, 11) is 1.69. The molecule has 5 heteroatoms. The molecule has 0 saturated heterocycles.